The van der Waals surface area contributed by atoms with Crippen LogP contribution in [0.5, 0.6) is 0 Å². The highest BCUT2D eigenvalue weighted by atomic mass is 16.3. The van der Waals surface area contributed by atoms with Gasteiger partial charge in [0.05, 0.1) is 6.61 Å². The topological polar surface area (TPSA) is 45.5 Å². The zero-order valence-corrected chi connectivity index (χ0v) is 9.86. The van der Waals surface area contributed by atoms with Crippen molar-refractivity contribution in [2.75, 3.05) is 13.1 Å². The molecule has 2 rings (SSSR count). The minimum Gasteiger partial charge on any atom is -0.391 e. The van der Waals surface area contributed by atoms with E-state index in [4.69, 9.17) is 5.11 Å². The van der Waals surface area contributed by atoms with Crippen molar-refractivity contribution in [1.29, 1.82) is 0 Å². The van der Waals surface area contributed by atoms with Gasteiger partial charge in [-0.25, -0.2) is 0 Å². The summed E-state index contributed by atoms with van der Waals surface area (Å²) in [6.45, 7) is 4.88. The molecule has 0 aliphatic carbocycles. The molecule has 0 saturated carbocycles. The number of pyridine rings is 1. The fourth-order valence-corrected chi connectivity index (χ4v) is 2.34. The van der Waals surface area contributed by atoms with Crippen molar-refractivity contribution in [2.24, 2.45) is 7.05 Å². The predicted molar refractivity (Wildman–Crippen MR) is 62.3 cm³/mol. The average molecular weight is 222 g/mol. The lowest BCUT2D eigenvalue weighted by Gasteiger charge is -2.29. The highest BCUT2D eigenvalue weighted by molar-refractivity contribution is 5.28. The first-order valence-electron chi connectivity index (χ1n) is 5.71. The summed E-state index contributed by atoms with van der Waals surface area (Å²) in [7, 11) is 1.79. The van der Waals surface area contributed by atoms with Crippen LogP contribution in [0, 0.1) is 0 Å². The molecule has 2 heterocycles. The summed E-state index contributed by atoms with van der Waals surface area (Å²) in [5.41, 5.74) is 2.73. The van der Waals surface area contributed by atoms with E-state index in [1.165, 1.54) is 5.56 Å². The molecule has 0 bridgehead atoms. The normalized spacial score (nSPS) is 16.2. The second-order valence-corrected chi connectivity index (χ2v) is 4.28. The number of aliphatic hydroxyl groups is 1. The minimum atomic E-state index is -0.175. The molecular weight excluding hydrogens is 204 g/mol. The zero-order chi connectivity index (χ0) is 11.7. The summed E-state index contributed by atoms with van der Waals surface area (Å²) in [6, 6.07) is 1.86. The van der Waals surface area contributed by atoms with Crippen LogP contribution in [0.15, 0.2) is 10.9 Å². The maximum atomic E-state index is 11.8. The molecule has 1 N–H and O–H groups in total. The van der Waals surface area contributed by atoms with E-state index in [-0.39, 0.29) is 12.2 Å². The average Bonchev–Trinajstić information content (AvgIpc) is 2.33. The number of likely N-dealkylation sites (N-methyl/N-ethyl adjacent to an activating group) is 1. The highest BCUT2D eigenvalue weighted by Gasteiger charge is 2.19. The van der Waals surface area contributed by atoms with Crippen molar-refractivity contribution in [2.45, 2.75) is 26.5 Å². The number of nitrogens with zero attached hydrogens (tertiary/aromatic N) is 2. The fraction of sp³-hybridized carbons (Fsp3) is 0.583. The van der Waals surface area contributed by atoms with E-state index in [2.05, 4.69) is 11.8 Å². The van der Waals surface area contributed by atoms with Gasteiger partial charge in [0.25, 0.3) is 5.56 Å². The summed E-state index contributed by atoms with van der Waals surface area (Å²) in [6.07, 6.45) is 0.917. The lowest BCUT2D eigenvalue weighted by atomic mass is 10.0. The lowest BCUT2D eigenvalue weighted by molar-refractivity contribution is 0.258. The van der Waals surface area contributed by atoms with Gasteiger partial charge in [-0.1, -0.05) is 6.92 Å². The maximum Gasteiger partial charge on any atom is 0.256 e. The third-order valence-corrected chi connectivity index (χ3v) is 3.38. The Morgan fingerprint density at radius 1 is 1.50 bits per heavy atom. The van der Waals surface area contributed by atoms with E-state index in [0.29, 0.717) is 5.56 Å². The smallest absolute Gasteiger partial charge is 0.256 e. The van der Waals surface area contributed by atoms with Crippen LogP contribution in [-0.2, 0) is 26.6 Å². The van der Waals surface area contributed by atoms with Gasteiger partial charge < -0.3 is 9.67 Å². The van der Waals surface area contributed by atoms with E-state index in [1.54, 1.807) is 11.6 Å². The Balaban J connectivity index is 2.49. The Kier molecular flexibility index (Phi) is 3.12. The fourth-order valence-electron chi connectivity index (χ4n) is 2.34. The van der Waals surface area contributed by atoms with Gasteiger partial charge in [-0.05, 0) is 18.2 Å². The minimum absolute atomic E-state index is 0.0637. The Hall–Kier alpha value is -1.13. The molecule has 88 valence electrons. The highest BCUT2D eigenvalue weighted by Crippen LogP contribution is 2.17. The van der Waals surface area contributed by atoms with Crippen molar-refractivity contribution < 1.29 is 5.11 Å². The van der Waals surface area contributed by atoms with Gasteiger partial charge in [0.2, 0.25) is 0 Å². The second-order valence-electron chi connectivity index (χ2n) is 4.28. The predicted octanol–water partition coefficient (Wildman–Crippen LogP) is 0.256. The number of aromatic nitrogens is 1. The molecule has 0 atom stereocenters. The van der Waals surface area contributed by atoms with Gasteiger partial charge in [-0.3, -0.25) is 9.69 Å². The first-order chi connectivity index (χ1) is 7.67. The molecule has 0 amide bonds. The summed E-state index contributed by atoms with van der Waals surface area (Å²) < 4.78 is 1.69. The van der Waals surface area contributed by atoms with Crippen molar-refractivity contribution in [3.63, 3.8) is 0 Å². The van der Waals surface area contributed by atoms with Crippen molar-refractivity contribution in [1.82, 2.24) is 9.47 Å². The molecule has 1 aromatic heterocycles. The Labute approximate surface area is 95.1 Å². The van der Waals surface area contributed by atoms with Crippen LogP contribution in [-0.4, -0.2) is 27.7 Å². The number of hydrogen-bond donors (Lipinski definition) is 1. The zero-order valence-electron chi connectivity index (χ0n) is 9.86. The molecule has 0 saturated heterocycles. The Morgan fingerprint density at radius 3 is 2.88 bits per heavy atom. The van der Waals surface area contributed by atoms with Crippen LogP contribution in [0.1, 0.15) is 23.7 Å². The SMILES string of the molecule is CCN1CCc2c(cc(CO)c(=O)n2C)C1. The molecule has 0 aromatic carbocycles. The first kappa shape index (κ1) is 11.4. The van der Waals surface area contributed by atoms with E-state index in [1.807, 2.05) is 6.07 Å². The van der Waals surface area contributed by atoms with Crippen molar-refractivity contribution in [3.8, 4) is 0 Å². The summed E-state index contributed by atoms with van der Waals surface area (Å²) >= 11 is 0. The van der Waals surface area contributed by atoms with Crippen LogP contribution in [0.2, 0.25) is 0 Å². The van der Waals surface area contributed by atoms with Gasteiger partial charge in [0, 0.05) is 37.8 Å². The van der Waals surface area contributed by atoms with Gasteiger partial charge in [0.15, 0.2) is 0 Å². The monoisotopic (exact) mass is 222 g/mol. The molecule has 0 unspecified atom stereocenters. The molecule has 1 aliphatic heterocycles. The number of hydrogen-bond acceptors (Lipinski definition) is 3. The second kappa shape index (κ2) is 4.39. The van der Waals surface area contributed by atoms with Crippen LogP contribution in [0.25, 0.3) is 0 Å². The van der Waals surface area contributed by atoms with E-state index >= 15 is 0 Å². The van der Waals surface area contributed by atoms with Gasteiger partial charge in [-0.15, -0.1) is 0 Å². The Morgan fingerprint density at radius 2 is 2.25 bits per heavy atom. The maximum absolute atomic E-state index is 11.8. The molecular formula is C12H18N2O2. The molecule has 16 heavy (non-hydrogen) atoms. The Bertz CT molecular complexity index is 451. The third-order valence-electron chi connectivity index (χ3n) is 3.38. The number of rotatable bonds is 2. The molecule has 4 nitrogen and oxygen atoms in total. The summed E-state index contributed by atoms with van der Waals surface area (Å²) in [5, 5.41) is 9.14. The van der Waals surface area contributed by atoms with Gasteiger partial charge in [0.1, 0.15) is 0 Å². The van der Waals surface area contributed by atoms with Crippen LogP contribution in [0.4, 0.5) is 0 Å². The van der Waals surface area contributed by atoms with Gasteiger partial charge >= 0.3 is 0 Å². The summed E-state index contributed by atoms with van der Waals surface area (Å²) in [5.74, 6) is 0. The quantitative estimate of drug-likeness (QED) is 0.780. The standard InChI is InChI=1S/C12H18N2O2/c1-3-14-5-4-11-9(7-14)6-10(8-15)12(16)13(11)2/h6,15H,3-5,7-8H2,1-2H3. The van der Waals surface area contributed by atoms with E-state index < -0.39 is 0 Å². The number of aliphatic hydroxyl groups excluding tert-OH is 1. The molecule has 0 radical (unpaired) electrons. The van der Waals surface area contributed by atoms with Crippen molar-refractivity contribution in [3.05, 3.63) is 33.2 Å². The van der Waals surface area contributed by atoms with E-state index in [9.17, 15) is 4.79 Å². The van der Waals surface area contributed by atoms with Crippen LogP contribution in [0.3, 0.4) is 0 Å². The van der Waals surface area contributed by atoms with Gasteiger partial charge in [-0.2, -0.15) is 0 Å². The molecule has 1 aliphatic rings. The molecule has 0 spiro atoms. The number of fused-ring (bicyclic) bond motifs is 1. The van der Waals surface area contributed by atoms with E-state index in [0.717, 1.165) is 31.7 Å². The third kappa shape index (κ3) is 1.79. The molecule has 0 fully saturated rings. The van der Waals surface area contributed by atoms with Crippen molar-refractivity contribution >= 4 is 0 Å². The van der Waals surface area contributed by atoms with Crippen LogP contribution < -0.4 is 5.56 Å². The largest absolute Gasteiger partial charge is 0.391 e. The summed E-state index contributed by atoms with van der Waals surface area (Å²) in [4.78, 5) is 14.2. The lowest BCUT2D eigenvalue weighted by Crippen LogP contribution is -2.35. The molecule has 4 heteroatoms. The first-order valence-corrected chi connectivity index (χ1v) is 5.71. The van der Waals surface area contributed by atoms with Crippen LogP contribution >= 0.6 is 0 Å². The molecule has 1 aromatic rings.